The third-order valence-corrected chi connectivity index (χ3v) is 7.11. The first kappa shape index (κ1) is 13.6. The van der Waals surface area contributed by atoms with Gasteiger partial charge in [-0.15, -0.1) is 0 Å². The summed E-state index contributed by atoms with van der Waals surface area (Å²) in [6.07, 6.45) is 1.07. The van der Waals surface area contributed by atoms with Crippen molar-refractivity contribution in [2.45, 2.75) is 5.56 Å². The van der Waals surface area contributed by atoms with E-state index in [1.54, 1.807) is 0 Å². The molecule has 0 saturated carbocycles. The van der Waals surface area contributed by atoms with E-state index in [1.807, 2.05) is 0 Å². The van der Waals surface area contributed by atoms with Crippen LogP contribution in [0.4, 0.5) is 0 Å². The Kier molecular flexibility index (Phi) is 5.57. The zero-order chi connectivity index (χ0) is 9.99. The number of rotatable bonds is 2. The van der Waals surface area contributed by atoms with Crippen LogP contribution < -0.4 is 0 Å². The lowest BCUT2D eigenvalue weighted by Gasteiger charge is -2.28. The third-order valence-electron chi connectivity index (χ3n) is 0.725. The lowest BCUT2D eigenvalue weighted by Crippen LogP contribution is -2.33. The molecule has 7 heteroatoms. The number of alkyl halides is 5. The Morgan fingerprint density at radius 3 is 1.92 bits per heavy atom. The van der Waals surface area contributed by atoms with Crippen molar-refractivity contribution in [1.82, 2.24) is 0 Å². The highest BCUT2D eigenvalue weighted by Crippen LogP contribution is 2.53. The Morgan fingerprint density at radius 1 is 1.25 bits per heavy atom. The van der Waals surface area contributed by atoms with Gasteiger partial charge in [-0.2, -0.15) is 0 Å². The van der Waals surface area contributed by atoms with Crippen LogP contribution in [0.5, 0.6) is 0 Å². The smallest absolute Gasteiger partial charge is 0.332 e. The molecule has 0 amide bonds. The molecular weight excluding hydrogens is 492 g/mol. The fourth-order valence-corrected chi connectivity index (χ4v) is 0.788. The second-order valence-electron chi connectivity index (χ2n) is 1.64. The molecule has 0 aliphatic carbocycles. The van der Waals surface area contributed by atoms with E-state index in [0.717, 1.165) is 6.08 Å². The normalized spacial score (nSPS) is 12.4. The number of hydrogen-bond acceptors (Lipinski definition) is 2. The number of carbonyl (C=O) groups excluding carboxylic acids is 1. The van der Waals surface area contributed by atoms with E-state index in [4.69, 9.17) is 4.74 Å². The molecule has 0 aliphatic rings. The van der Waals surface area contributed by atoms with Crippen LogP contribution in [-0.4, -0.2) is 11.5 Å². The molecule has 0 spiro atoms. The first-order chi connectivity index (χ1) is 5.20. The van der Waals surface area contributed by atoms with E-state index >= 15 is 0 Å². The summed E-state index contributed by atoms with van der Waals surface area (Å²) >= 11 is 15.8. The average molecular weight is 495 g/mol. The van der Waals surface area contributed by atoms with Gasteiger partial charge in [0.05, 0.1) is 0 Å². The molecule has 0 radical (unpaired) electrons. The zero-order valence-electron chi connectivity index (χ0n) is 5.49. The summed E-state index contributed by atoms with van der Waals surface area (Å²) in [7, 11) is 0. The van der Waals surface area contributed by atoms with Crippen LogP contribution in [0, 0.1) is 0 Å². The minimum Gasteiger partial charge on any atom is -0.430 e. The van der Waals surface area contributed by atoms with Gasteiger partial charge >= 0.3 is 5.97 Å². The predicted octanol–water partition coefficient (Wildman–Crippen LogP) is 4.00. The van der Waals surface area contributed by atoms with Crippen molar-refractivity contribution in [3.8, 4) is 0 Å². The maximum atomic E-state index is 10.8. The van der Waals surface area contributed by atoms with Gasteiger partial charge in [0.2, 0.25) is 0 Å². The number of halogens is 5. The van der Waals surface area contributed by atoms with E-state index in [-0.39, 0.29) is 0 Å². The highest BCUT2D eigenvalue weighted by Gasteiger charge is 2.46. The van der Waals surface area contributed by atoms with E-state index in [1.165, 1.54) is 0 Å². The van der Waals surface area contributed by atoms with E-state index in [2.05, 4.69) is 86.2 Å². The molecule has 0 saturated heterocycles. The van der Waals surface area contributed by atoms with Crippen molar-refractivity contribution >= 4 is 85.6 Å². The van der Waals surface area contributed by atoms with Gasteiger partial charge in [-0.3, -0.25) is 0 Å². The molecule has 0 aliphatic heterocycles. The zero-order valence-corrected chi connectivity index (χ0v) is 13.4. The van der Waals surface area contributed by atoms with Crippen LogP contribution in [0.2, 0.25) is 0 Å². The molecule has 12 heavy (non-hydrogen) atoms. The maximum Gasteiger partial charge on any atom is 0.332 e. The molecular formula is C5H3Br5O2. The SMILES string of the molecule is C=CC(=O)OC(Br)(Br)C(Br)(Br)Br. The second-order valence-corrected chi connectivity index (χ2v) is 11.7. The van der Waals surface area contributed by atoms with Crippen molar-refractivity contribution in [1.29, 1.82) is 0 Å². The molecule has 70 valence electrons. The van der Waals surface area contributed by atoms with Crippen LogP contribution in [-0.2, 0) is 9.53 Å². The summed E-state index contributed by atoms with van der Waals surface area (Å²) in [6.45, 7) is 3.26. The molecule has 0 rings (SSSR count). The van der Waals surface area contributed by atoms with Gasteiger partial charge in [-0.25, -0.2) is 4.79 Å². The highest BCUT2D eigenvalue weighted by molar-refractivity contribution is 9.41. The second kappa shape index (κ2) is 4.91. The summed E-state index contributed by atoms with van der Waals surface area (Å²) in [5.41, 5.74) is 0. The standard InChI is InChI=1S/C5H3Br5O2/c1-2-3(11)12-5(9,10)4(6,7)8/h2H,1H2. The molecule has 0 heterocycles. The van der Waals surface area contributed by atoms with E-state index < -0.39 is 11.5 Å². The monoisotopic (exact) mass is 490 g/mol. The minimum atomic E-state index is -1.09. The van der Waals surface area contributed by atoms with Crippen molar-refractivity contribution in [2.75, 3.05) is 0 Å². The maximum absolute atomic E-state index is 10.8. The van der Waals surface area contributed by atoms with E-state index in [9.17, 15) is 4.79 Å². The third kappa shape index (κ3) is 4.21. The Hall–Kier alpha value is 1.61. The molecule has 0 atom stereocenters. The fraction of sp³-hybridized carbons (Fsp3) is 0.400. The summed E-state index contributed by atoms with van der Waals surface area (Å²) in [4.78, 5) is 10.8. The van der Waals surface area contributed by atoms with Gasteiger partial charge in [-0.05, 0) is 31.9 Å². The van der Waals surface area contributed by atoms with Crippen molar-refractivity contribution in [2.24, 2.45) is 0 Å². The van der Waals surface area contributed by atoms with Crippen LogP contribution >= 0.6 is 79.6 Å². The van der Waals surface area contributed by atoms with Crippen molar-refractivity contribution in [3.63, 3.8) is 0 Å². The van der Waals surface area contributed by atoms with Gasteiger partial charge in [0, 0.05) is 6.08 Å². The summed E-state index contributed by atoms with van der Waals surface area (Å²) in [6, 6.07) is 0. The van der Waals surface area contributed by atoms with Crippen LogP contribution in [0.25, 0.3) is 0 Å². The highest BCUT2D eigenvalue weighted by atomic mass is 80.0. The van der Waals surface area contributed by atoms with Gasteiger partial charge in [0.1, 0.15) is 0 Å². The molecule has 0 N–H and O–H groups in total. The van der Waals surface area contributed by atoms with Crippen molar-refractivity contribution < 1.29 is 9.53 Å². The molecule has 0 aromatic carbocycles. The summed E-state index contributed by atoms with van der Waals surface area (Å²) < 4.78 is 3.01. The number of ether oxygens (including phenoxy) is 1. The molecule has 0 unspecified atom stereocenters. The molecule has 2 nitrogen and oxygen atoms in total. The summed E-state index contributed by atoms with van der Waals surface area (Å²) in [5.74, 6) is -0.550. The van der Waals surface area contributed by atoms with Gasteiger partial charge in [0.15, 0.2) is 2.14 Å². The van der Waals surface area contributed by atoms with E-state index in [0.29, 0.717) is 0 Å². The van der Waals surface area contributed by atoms with Crippen molar-refractivity contribution in [3.05, 3.63) is 12.7 Å². The molecule has 0 fully saturated rings. The predicted molar refractivity (Wildman–Crippen MR) is 66.4 cm³/mol. The average Bonchev–Trinajstić information content (AvgIpc) is 1.84. The van der Waals surface area contributed by atoms with Gasteiger partial charge in [0.25, 0.3) is 3.42 Å². The Balaban J connectivity index is 4.43. The lowest BCUT2D eigenvalue weighted by molar-refractivity contribution is -0.139. The molecule has 0 bridgehead atoms. The number of esters is 1. The lowest BCUT2D eigenvalue weighted by atomic mass is 10.6. The van der Waals surface area contributed by atoms with Gasteiger partial charge < -0.3 is 4.74 Å². The molecule has 0 aromatic heterocycles. The quantitative estimate of drug-likeness (QED) is 0.330. The number of hydrogen-bond donors (Lipinski definition) is 0. The Bertz CT molecular complexity index is 195. The largest absolute Gasteiger partial charge is 0.430 e. The Labute approximate surface area is 112 Å². The van der Waals surface area contributed by atoms with Gasteiger partial charge in [-0.1, -0.05) is 54.4 Å². The Morgan fingerprint density at radius 2 is 1.67 bits per heavy atom. The topological polar surface area (TPSA) is 26.3 Å². The fourth-order valence-electron chi connectivity index (χ4n) is 0.226. The first-order valence-electron chi connectivity index (χ1n) is 2.50. The molecule has 0 aromatic rings. The number of carbonyl (C=O) groups is 1. The minimum absolute atomic E-state index is 0.550. The summed E-state index contributed by atoms with van der Waals surface area (Å²) in [5, 5.41) is 0. The van der Waals surface area contributed by atoms with Crippen LogP contribution in [0.1, 0.15) is 0 Å². The first-order valence-corrected chi connectivity index (χ1v) is 6.47. The van der Waals surface area contributed by atoms with Crippen LogP contribution in [0.3, 0.4) is 0 Å². The van der Waals surface area contributed by atoms with Crippen LogP contribution in [0.15, 0.2) is 12.7 Å².